The SMILES string of the molecule is CCC[CH2][Sn](/[CH]=C/C[C@@H](Cc1ccccc1)OC(C)=O)([CH2]CCC)[CH2]CCC. The van der Waals surface area contributed by atoms with Crippen molar-refractivity contribution in [1.82, 2.24) is 0 Å². The average molecular weight is 493 g/mol. The molecule has 0 heterocycles. The van der Waals surface area contributed by atoms with Crippen molar-refractivity contribution in [3.05, 3.63) is 46.1 Å². The summed E-state index contributed by atoms with van der Waals surface area (Å²) in [5, 5.41) is 0. The third kappa shape index (κ3) is 10.7. The minimum absolute atomic E-state index is 0.0522. The number of hydrogen-bond donors (Lipinski definition) is 0. The Labute approximate surface area is 178 Å². The molecule has 0 aliphatic carbocycles. The molecule has 2 nitrogen and oxygen atoms in total. The number of unbranched alkanes of at least 4 members (excludes halogenated alkanes) is 3. The molecule has 0 aliphatic rings. The summed E-state index contributed by atoms with van der Waals surface area (Å²) in [5.41, 5.74) is 1.24. The second-order valence-electron chi connectivity index (χ2n) is 8.23. The summed E-state index contributed by atoms with van der Waals surface area (Å²) in [5.74, 6) is -0.174. The summed E-state index contributed by atoms with van der Waals surface area (Å²) < 4.78 is 12.8. The minimum atomic E-state index is -2.25. The third-order valence-electron chi connectivity index (χ3n) is 5.59. The van der Waals surface area contributed by atoms with Gasteiger partial charge in [0.15, 0.2) is 0 Å². The van der Waals surface area contributed by atoms with Gasteiger partial charge in [0.25, 0.3) is 0 Å². The van der Waals surface area contributed by atoms with Crippen LogP contribution < -0.4 is 0 Å². The molecule has 0 fully saturated rings. The van der Waals surface area contributed by atoms with E-state index < -0.39 is 18.4 Å². The first kappa shape index (κ1) is 25.3. The zero-order chi connectivity index (χ0) is 20.7. The van der Waals surface area contributed by atoms with Gasteiger partial charge in [-0.15, -0.1) is 0 Å². The van der Waals surface area contributed by atoms with Gasteiger partial charge in [-0.3, -0.25) is 0 Å². The Bertz CT molecular complexity index is 531. The Kier molecular flexibility index (Phi) is 13.6. The molecule has 0 saturated heterocycles. The van der Waals surface area contributed by atoms with Gasteiger partial charge in [0, 0.05) is 0 Å². The Morgan fingerprint density at radius 1 is 0.964 bits per heavy atom. The summed E-state index contributed by atoms with van der Waals surface area (Å²) in [6, 6.07) is 10.4. The van der Waals surface area contributed by atoms with E-state index in [1.54, 1.807) is 0 Å². The fraction of sp³-hybridized carbons (Fsp3) is 0.640. The van der Waals surface area contributed by atoms with Crippen molar-refractivity contribution in [3.8, 4) is 0 Å². The van der Waals surface area contributed by atoms with Crippen LogP contribution in [0.2, 0.25) is 13.3 Å². The molecule has 1 aromatic rings. The van der Waals surface area contributed by atoms with E-state index in [0.29, 0.717) is 0 Å². The van der Waals surface area contributed by atoms with Crippen LogP contribution in [0.4, 0.5) is 0 Å². The van der Waals surface area contributed by atoms with Gasteiger partial charge in [-0.25, -0.2) is 0 Å². The molecule has 0 N–H and O–H groups in total. The number of carbonyl (C=O) groups excluding carboxylic acids is 1. The van der Waals surface area contributed by atoms with Gasteiger partial charge in [-0.1, -0.05) is 0 Å². The topological polar surface area (TPSA) is 26.3 Å². The van der Waals surface area contributed by atoms with Crippen LogP contribution >= 0.6 is 0 Å². The predicted octanol–water partition coefficient (Wildman–Crippen LogP) is 7.50. The molecule has 3 heteroatoms. The van der Waals surface area contributed by atoms with Gasteiger partial charge in [0.05, 0.1) is 0 Å². The van der Waals surface area contributed by atoms with E-state index in [2.05, 4.69) is 55.2 Å². The summed E-state index contributed by atoms with van der Waals surface area (Å²) in [7, 11) is 0. The molecule has 1 rings (SSSR count). The molecule has 28 heavy (non-hydrogen) atoms. The monoisotopic (exact) mass is 494 g/mol. The molecule has 1 aromatic carbocycles. The molecular weight excluding hydrogens is 451 g/mol. The van der Waals surface area contributed by atoms with E-state index in [0.717, 1.165) is 12.8 Å². The van der Waals surface area contributed by atoms with Crippen LogP contribution in [-0.2, 0) is 16.0 Å². The van der Waals surface area contributed by atoms with Crippen LogP contribution in [0.25, 0.3) is 0 Å². The normalized spacial score (nSPS) is 13.0. The van der Waals surface area contributed by atoms with Crippen LogP contribution in [0.15, 0.2) is 40.5 Å². The second-order valence-corrected chi connectivity index (χ2v) is 21.2. The molecule has 0 aromatic heterocycles. The molecule has 0 bridgehead atoms. The Hall–Kier alpha value is -0.771. The quantitative estimate of drug-likeness (QED) is 0.187. The van der Waals surface area contributed by atoms with Crippen molar-refractivity contribution in [3.63, 3.8) is 0 Å². The number of ether oxygens (including phenoxy) is 1. The average Bonchev–Trinajstić information content (AvgIpc) is 2.69. The van der Waals surface area contributed by atoms with E-state index in [4.69, 9.17) is 4.74 Å². The van der Waals surface area contributed by atoms with E-state index >= 15 is 0 Å². The number of hydrogen-bond acceptors (Lipinski definition) is 2. The van der Waals surface area contributed by atoms with Crippen molar-refractivity contribution < 1.29 is 9.53 Å². The van der Waals surface area contributed by atoms with Crippen molar-refractivity contribution in [2.24, 2.45) is 0 Å². The van der Waals surface area contributed by atoms with Gasteiger partial charge < -0.3 is 0 Å². The van der Waals surface area contributed by atoms with Gasteiger partial charge >= 0.3 is 178 Å². The summed E-state index contributed by atoms with van der Waals surface area (Å²) in [4.78, 5) is 11.6. The first-order valence-electron chi connectivity index (χ1n) is 11.4. The Morgan fingerprint density at radius 3 is 1.96 bits per heavy atom. The van der Waals surface area contributed by atoms with Crippen molar-refractivity contribution in [2.75, 3.05) is 0 Å². The van der Waals surface area contributed by atoms with E-state index in [1.165, 1.54) is 64.3 Å². The summed E-state index contributed by atoms with van der Waals surface area (Å²) in [6.45, 7) is 8.47. The van der Waals surface area contributed by atoms with Crippen LogP contribution in [0.3, 0.4) is 0 Å². The van der Waals surface area contributed by atoms with Crippen molar-refractivity contribution >= 4 is 24.3 Å². The molecule has 0 spiro atoms. The maximum atomic E-state index is 11.6. The first-order valence-corrected chi connectivity index (χ1v) is 19.1. The molecule has 0 aliphatic heterocycles. The van der Waals surface area contributed by atoms with Gasteiger partial charge in [-0.05, 0) is 0 Å². The summed E-state index contributed by atoms with van der Waals surface area (Å²) in [6.07, 6.45) is 12.0. The molecule has 1 atom stereocenters. The number of rotatable bonds is 15. The standard InChI is InChI=1S/C13H15O2.3C4H9.Sn/c1-3-7-13(15-11(2)14)10-12-8-5-4-6-9-12;3*1-3-4-2;/h1,3-6,8-9,13H,7,10H2,2H3;3*1,3-4H2,2H3;/t13-;;;;/m0..../s1. The van der Waals surface area contributed by atoms with Gasteiger partial charge in [0.1, 0.15) is 0 Å². The second kappa shape index (κ2) is 15.1. The van der Waals surface area contributed by atoms with Gasteiger partial charge in [-0.2, -0.15) is 0 Å². The maximum absolute atomic E-state index is 11.6. The number of esters is 1. The number of benzene rings is 1. The van der Waals surface area contributed by atoms with Crippen LogP contribution in [0, 0.1) is 0 Å². The number of carbonyl (C=O) groups is 1. The van der Waals surface area contributed by atoms with E-state index in [1.807, 2.05) is 6.07 Å². The van der Waals surface area contributed by atoms with Crippen molar-refractivity contribution in [1.29, 1.82) is 0 Å². The molecular formula is C25H42O2Sn. The van der Waals surface area contributed by atoms with Crippen LogP contribution in [0.5, 0.6) is 0 Å². The fourth-order valence-corrected chi connectivity index (χ4v) is 18.4. The van der Waals surface area contributed by atoms with Gasteiger partial charge in [0.2, 0.25) is 0 Å². The molecule has 0 saturated carbocycles. The zero-order valence-corrected chi connectivity index (χ0v) is 21.6. The van der Waals surface area contributed by atoms with Crippen LogP contribution in [-0.4, -0.2) is 30.5 Å². The van der Waals surface area contributed by atoms with Crippen LogP contribution in [0.1, 0.15) is 78.2 Å². The summed E-state index contributed by atoms with van der Waals surface area (Å²) >= 11 is -2.25. The van der Waals surface area contributed by atoms with E-state index in [-0.39, 0.29) is 12.1 Å². The Balaban J connectivity index is 2.86. The first-order chi connectivity index (χ1) is 13.5. The molecule has 0 amide bonds. The Morgan fingerprint density at radius 2 is 1.50 bits per heavy atom. The van der Waals surface area contributed by atoms with Crippen molar-refractivity contribution in [2.45, 2.75) is 98.5 Å². The fourth-order valence-electron chi connectivity index (χ4n) is 3.97. The molecule has 0 radical (unpaired) electrons. The predicted molar refractivity (Wildman–Crippen MR) is 124 cm³/mol. The molecule has 0 unspecified atom stereocenters. The zero-order valence-electron chi connectivity index (χ0n) is 18.7. The molecule has 158 valence electrons. The third-order valence-corrected chi connectivity index (χ3v) is 19.8. The van der Waals surface area contributed by atoms with E-state index in [9.17, 15) is 4.79 Å².